The van der Waals surface area contributed by atoms with Gasteiger partial charge in [0.1, 0.15) is 5.82 Å². The van der Waals surface area contributed by atoms with Crippen LogP contribution in [0.15, 0.2) is 18.2 Å². The average molecular weight is 485 g/mol. The van der Waals surface area contributed by atoms with Crippen molar-refractivity contribution in [3.63, 3.8) is 0 Å². The Morgan fingerprint density at radius 1 is 1.14 bits per heavy atom. The molecule has 0 spiro atoms. The van der Waals surface area contributed by atoms with Gasteiger partial charge in [0.2, 0.25) is 11.4 Å². The molecule has 11 nitrogen and oxygen atoms in total. The zero-order chi connectivity index (χ0) is 25.2. The third-order valence-electron chi connectivity index (χ3n) is 6.66. The van der Waals surface area contributed by atoms with Crippen LogP contribution in [-0.2, 0) is 19.1 Å². The number of hydrogen-bond donors (Lipinski definition) is 3. The molecule has 2 fully saturated rings. The van der Waals surface area contributed by atoms with E-state index >= 15 is 0 Å². The van der Waals surface area contributed by atoms with Crippen molar-refractivity contribution >= 4 is 34.4 Å². The van der Waals surface area contributed by atoms with Gasteiger partial charge >= 0.3 is 0 Å². The summed E-state index contributed by atoms with van der Waals surface area (Å²) in [6, 6.07) is 5.46. The summed E-state index contributed by atoms with van der Waals surface area (Å²) in [4.78, 5) is 46.7. The van der Waals surface area contributed by atoms with Gasteiger partial charge in [0, 0.05) is 38.2 Å². The average Bonchev–Trinajstić information content (AvgIpc) is 2.87. The van der Waals surface area contributed by atoms with E-state index in [9.17, 15) is 14.4 Å². The van der Waals surface area contributed by atoms with E-state index < -0.39 is 17.4 Å². The smallest absolute Gasteiger partial charge is 0.289 e. The lowest BCUT2D eigenvalue weighted by atomic mass is 9.89. The molecular formula is C24H32N6O5. The highest BCUT2D eigenvalue weighted by molar-refractivity contribution is 6.24. The summed E-state index contributed by atoms with van der Waals surface area (Å²) in [5, 5.41) is 8.08. The molecule has 1 aromatic heterocycles. The van der Waals surface area contributed by atoms with Gasteiger partial charge in [-0.15, -0.1) is 0 Å². The lowest BCUT2D eigenvalue weighted by Gasteiger charge is -2.45. The Labute approximate surface area is 203 Å². The first-order chi connectivity index (χ1) is 16.8. The number of hydrazine groups is 1. The summed E-state index contributed by atoms with van der Waals surface area (Å²) in [6.45, 7) is 4.18. The molecule has 3 N–H and O–H groups in total. The number of methoxy groups -OCH3 is 2. The van der Waals surface area contributed by atoms with Gasteiger partial charge in [0.05, 0.1) is 12.1 Å². The van der Waals surface area contributed by atoms with Gasteiger partial charge in [0.15, 0.2) is 0 Å². The predicted octanol–water partition coefficient (Wildman–Crippen LogP) is 1.32. The largest absolute Gasteiger partial charge is 0.383 e. The first-order valence-electron chi connectivity index (χ1n) is 11.8. The third-order valence-corrected chi connectivity index (χ3v) is 6.66. The Morgan fingerprint density at radius 2 is 1.86 bits per heavy atom. The number of amides is 3. The van der Waals surface area contributed by atoms with Crippen LogP contribution in [0.2, 0.25) is 0 Å². The van der Waals surface area contributed by atoms with Crippen molar-refractivity contribution in [3.05, 3.63) is 29.6 Å². The van der Waals surface area contributed by atoms with Crippen LogP contribution in [0.1, 0.15) is 48.8 Å². The summed E-state index contributed by atoms with van der Waals surface area (Å²) < 4.78 is 10.1. The van der Waals surface area contributed by atoms with Gasteiger partial charge in [-0.25, -0.2) is 20.4 Å². The maximum Gasteiger partial charge on any atom is 0.289 e. The Kier molecular flexibility index (Phi) is 7.29. The Morgan fingerprint density at radius 3 is 2.54 bits per heavy atom. The molecule has 1 aromatic carbocycles. The van der Waals surface area contributed by atoms with Crippen LogP contribution < -0.4 is 16.1 Å². The zero-order valence-corrected chi connectivity index (χ0v) is 20.5. The highest BCUT2D eigenvalue weighted by Gasteiger charge is 2.59. The van der Waals surface area contributed by atoms with Gasteiger partial charge in [-0.3, -0.25) is 14.4 Å². The molecule has 1 aliphatic heterocycles. The van der Waals surface area contributed by atoms with Crippen molar-refractivity contribution in [3.8, 4) is 0 Å². The fraction of sp³-hybridized carbons (Fsp3) is 0.542. The maximum atomic E-state index is 12.7. The van der Waals surface area contributed by atoms with E-state index in [4.69, 9.17) is 9.47 Å². The van der Waals surface area contributed by atoms with E-state index in [1.165, 1.54) is 14.0 Å². The molecular weight excluding hydrogens is 452 g/mol. The minimum atomic E-state index is -1.43. The molecule has 2 heterocycles. The van der Waals surface area contributed by atoms with Crippen LogP contribution >= 0.6 is 0 Å². The van der Waals surface area contributed by atoms with E-state index in [0.717, 1.165) is 41.6 Å². The van der Waals surface area contributed by atoms with Gasteiger partial charge in [-0.2, -0.15) is 0 Å². The first kappa shape index (κ1) is 25.0. The first-order valence-corrected chi connectivity index (χ1v) is 11.8. The zero-order valence-electron chi connectivity index (χ0n) is 20.5. The summed E-state index contributed by atoms with van der Waals surface area (Å²) in [5.41, 5.74) is 3.35. The molecule has 188 valence electrons. The molecule has 2 aliphatic rings. The second kappa shape index (κ2) is 10.2. The van der Waals surface area contributed by atoms with Crippen LogP contribution in [-0.4, -0.2) is 77.8 Å². The molecule has 11 heteroatoms. The molecule has 1 saturated heterocycles. The van der Waals surface area contributed by atoms with Crippen molar-refractivity contribution in [2.45, 2.75) is 57.2 Å². The number of nitrogens with one attached hydrogen (secondary N) is 3. The number of aryl methyl sites for hydroxylation is 1. The van der Waals surface area contributed by atoms with Crippen molar-refractivity contribution in [2.24, 2.45) is 0 Å². The van der Waals surface area contributed by atoms with Gasteiger partial charge in [0.25, 0.3) is 17.7 Å². The lowest BCUT2D eigenvalue weighted by Crippen LogP contribution is -2.76. The van der Waals surface area contributed by atoms with Gasteiger partial charge in [-0.05, 0) is 38.8 Å². The Bertz CT molecular complexity index is 1120. The standard InChI is InChI=1S/C24H32N6O5/c1-14-9-10-16-15(13-14)19(28-20(26-16)21(31)25-11-12-34-3)27-17-7-5-6-8-18(17)29-30-22(32)24(2,35-4)23(30)33/h9-10,13,17-18,29H,5-8,11-12H2,1-4H3,(H,25,31)(H,26,27,28)/t17-,18+/m0/s1. The van der Waals surface area contributed by atoms with Crippen molar-refractivity contribution < 1.29 is 23.9 Å². The van der Waals surface area contributed by atoms with Gasteiger partial charge < -0.3 is 20.1 Å². The second-order valence-electron chi connectivity index (χ2n) is 9.12. The highest BCUT2D eigenvalue weighted by atomic mass is 16.5. The SMILES string of the molecule is COCCNC(=O)c1nc(N[C@H]2CCCC[C@H]2NN2C(=O)C(C)(OC)C2=O)c2cc(C)ccc2n1. The van der Waals surface area contributed by atoms with Crippen LogP contribution in [0.25, 0.3) is 10.9 Å². The number of aromatic nitrogens is 2. The van der Waals surface area contributed by atoms with Crippen LogP contribution in [0, 0.1) is 6.92 Å². The number of hydrogen-bond acceptors (Lipinski definition) is 9. The number of nitrogens with zero attached hydrogens (tertiary/aromatic N) is 3. The summed E-state index contributed by atoms with van der Waals surface area (Å²) in [6.07, 6.45) is 3.53. The molecule has 0 bridgehead atoms. The monoisotopic (exact) mass is 484 g/mol. The molecule has 3 amide bonds. The van der Waals surface area contributed by atoms with Crippen LogP contribution in [0.4, 0.5) is 5.82 Å². The summed E-state index contributed by atoms with van der Waals surface area (Å²) in [5.74, 6) is -0.608. The number of fused-ring (bicyclic) bond motifs is 1. The molecule has 4 rings (SSSR count). The normalized spacial score (nSPS) is 21.7. The topological polar surface area (TPSA) is 135 Å². The number of anilines is 1. The number of carbonyl (C=O) groups excluding carboxylic acids is 3. The highest BCUT2D eigenvalue weighted by Crippen LogP contribution is 2.30. The molecule has 2 atom stereocenters. The fourth-order valence-corrected chi connectivity index (χ4v) is 4.45. The number of benzene rings is 1. The molecule has 1 aliphatic carbocycles. The van der Waals surface area contributed by atoms with E-state index in [-0.39, 0.29) is 23.8 Å². The number of β-lactam (4-membered cyclic amide) rings is 2. The number of imide groups is 1. The van der Waals surface area contributed by atoms with Gasteiger partial charge in [-0.1, -0.05) is 24.5 Å². The molecule has 2 aromatic rings. The van der Waals surface area contributed by atoms with Crippen molar-refractivity contribution in [1.82, 2.24) is 25.7 Å². The predicted molar refractivity (Wildman–Crippen MR) is 129 cm³/mol. The lowest BCUT2D eigenvalue weighted by molar-refractivity contribution is -0.196. The Hall–Kier alpha value is -3.15. The van der Waals surface area contributed by atoms with E-state index in [1.807, 2.05) is 25.1 Å². The minimum absolute atomic E-state index is 0.0595. The van der Waals surface area contributed by atoms with Crippen molar-refractivity contribution in [1.29, 1.82) is 0 Å². The van der Waals surface area contributed by atoms with E-state index in [2.05, 4.69) is 26.0 Å². The molecule has 35 heavy (non-hydrogen) atoms. The quantitative estimate of drug-likeness (QED) is 0.274. The minimum Gasteiger partial charge on any atom is -0.383 e. The number of carbonyl (C=O) groups is 3. The molecule has 0 radical (unpaired) electrons. The van der Waals surface area contributed by atoms with Crippen LogP contribution in [0.3, 0.4) is 0 Å². The number of rotatable bonds is 9. The third kappa shape index (κ3) is 4.84. The Balaban J connectivity index is 1.59. The molecule has 1 saturated carbocycles. The van der Waals surface area contributed by atoms with E-state index in [1.54, 1.807) is 7.11 Å². The second-order valence-corrected chi connectivity index (χ2v) is 9.12. The van der Waals surface area contributed by atoms with Crippen molar-refractivity contribution in [2.75, 3.05) is 32.7 Å². The summed E-state index contributed by atoms with van der Waals surface area (Å²) >= 11 is 0. The molecule has 0 unspecified atom stereocenters. The fourth-order valence-electron chi connectivity index (χ4n) is 4.45. The van der Waals surface area contributed by atoms with Crippen LogP contribution in [0.5, 0.6) is 0 Å². The summed E-state index contributed by atoms with van der Waals surface area (Å²) in [7, 11) is 2.91. The van der Waals surface area contributed by atoms with E-state index in [0.29, 0.717) is 24.5 Å². The maximum absolute atomic E-state index is 12.7. The number of ether oxygens (including phenoxy) is 2.